The minimum absolute atomic E-state index is 0.987. The van der Waals surface area contributed by atoms with Crippen molar-refractivity contribution in [3.8, 4) is 0 Å². The molecule has 3 rings (SSSR count). The van der Waals surface area contributed by atoms with Gasteiger partial charge in [0.15, 0.2) is 0 Å². The van der Waals surface area contributed by atoms with Gasteiger partial charge in [0.2, 0.25) is 0 Å². The zero-order valence-electron chi connectivity index (χ0n) is 10.4. The van der Waals surface area contributed by atoms with Gasteiger partial charge >= 0.3 is 0 Å². The molecule has 0 bridgehead atoms. The Morgan fingerprint density at radius 3 is 2.67 bits per heavy atom. The van der Waals surface area contributed by atoms with Crippen LogP contribution in [0.5, 0.6) is 0 Å². The Balaban J connectivity index is 1.90. The van der Waals surface area contributed by atoms with Crippen molar-refractivity contribution in [3.05, 3.63) is 71.8 Å². The first kappa shape index (κ1) is 11.1. The highest BCUT2D eigenvalue weighted by Gasteiger charge is 2.12. The fourth-order valence-corrected chi connectivity index (χ4v) is 2.46. The minimum Gasteiger partial charge on any atom is -0.384 e. The summed E-state index contributed by atoms with van der Waals surface area (Å²) in [6.45, 7) is 5.17. The molecule has 1 heterocycles. The number of anilines is 1. The van der Waals surface area contributed by atoms with Gasteiger partial charge in [0.25, 0.3) is 0 Å². The summed E-state index contributed by atoms with van der Waals surface area (Å²) in [6.07, 6.45) is 2.03. The second-order valence-electron chi connectivity index (χ2n) is 4.82. The average Bonchev–Trinajstić information content (AvgIpc) is 2.41. The monoisotopic (exact) mass is 235 g/mol. The van der Waals surface area contributed by atoms with Crippen LogP contribution in [0.25, 0.3) is 5.57 Å². The van der Waals surface area contributed by atoms with E-state index in [0.29, 0.717) is 0 Å². The maximum absolute atomic E-state index is 4.16. The van der Waals surface area contributed by atoms with Crippen LogP contribution in [-0.4, -0.2) is 6.54 Å². The third kappa shape index (κ3) is 2.17. The van der Waals surface area contributed by atoms with E-state index in [9.17, 15) is 0 Å². The molecule has 1 aliphatic rings. The molecule has 0 amide bonds. The second-order valence-corrected chi connectivity index (χ2v) is 4.82. The highest BCUT2D eigenvalue weighted by atomic mass is 14.9. The van der Waals surface area contributed by atoms with Crippen LogP contribution in [0.15, 0.2) is 55.1 Å². The van der Waals surface area contributed by atoms with Gasteiger partial charge in [0, 0.05) is 17.8 Å². The van der Waals surface area contributed by atoms with Gasteiger partial charge in [0.05, 0.1) is 0 Å². The maximum Gasteiger partial charge on any atom is 0.0416 e. The van der Waals surface area contributed by atoms with Crippen LogP contribution in [0, 0.1) is 0 Å². The van der Waals surface area contributed by atoms with Crippen molar-refractivity contribution in [2.75, 3.05) is 11.9 Å². The highest BCUT2D eigenvalue weighted by Crippen LogP contribution is 2.30. The van der Waals surface area contributed by atoms with Crippen molar-refractivity contribution in [1.82, 2.24) is 0 Å². The standard InChI is InChI=1S/C17H17N/c1-13-9-10-18-17-8-7-15(12-16(13)17)11-14-5-3-2-4-6-14/h2-8,12,18H,1,9-11H2. The first-order chi connectivity index (χ1) is 8.83. The predicted molar refractivity (Wildman–Crippen MR) is 77.8 cm³/mol. The zero-order chi connectivity index (χ0) is 12.4. The molecule has 0 saturated heterocycles. The van der Waals surface area contributed by atoms with Crippen LogP contribution in [0.2, 0.25) is 0 Å². The number of benzene rings is 2. The average molecular weight is 235 g/mol. The van der Waals surface area contributed by atoms with Crippen molar-refractivity contribution in [1.29, 1.82) is 0 Å². The molecular weight excluding hydrogens is 218 g/mol. The number of fused-ring (bicyclic) bond motifs is 1. The molecule has 0 saturated carbocycles. The van der Waals surface area contributed by atoms with Crippen molar-refractivity contribution in [3.63, 3.8) is 0 Å². The van der Waals surface area contributed by atoms with Gasteiger partial charge in [-0.15, -0.1) is 0 Å². The number of hydrogen-bond donors (Lipinski definition) is 1. The Morgan fingerprint density at radius 1 is 1.00 bits per heavy atom. The maximum atomic E-state index is 4.16. The summed E-state index contributed by atoms with van der Waals surface area (Å²) >= 11 is 0. The molecular formula is C17H17N. The van der Waals surface area contributed by atoms with E-state index in [0.717, 1.165) is 19.4 Å². The van der Waals surface area contributed by atoms with E-state index in [1.54, 1.807) is 0 Å². The lowest BCUT2D eigenvalue weighted by molar-refractivity contribution is 1.05. The van der Waals surface area contributed by atoms with E-state index in [4.69, 9.17) is 0 Å². The molecule has 90 valence electrons. The molecule has 1 nitrogen and oxygen atoms in total. The normalized spacial score (nSPS) is 13.9. The molecule has 2 aromatic rings. The van der Waals surface area contributed by atoms with Crippen molar-refractivity contribution in [2.24, 2.45) is 0 Å². The fourth-order valence-electron chi connectivity index (χ4n) is 2.46. The van der Waals surface area contributed by atoms with E-state index >= 15 is 0 Å². The van der Waals surface area contributed by atoms with Gasteiger partial charge in [-0.2, -0.15) is 0 Å². The molecule has 0 radical (unpaired) electrons. The largest absolute Gasteiger partial charge is 0.384 e. The van der Waals surface area contributed by atoms with Crippen molar-refractivity contribution >= 4 is 11.3 Å². The summed E-state index contributed by atoms with van der Waals surface area (Å²) in [6, 6.07) is 17.2. The molecule has 18 heavy (non-hydrogen) atoms. The second kappa shape index (κ2) is 4.69. The molecule has 1 aliphatic heterocycles. The van der Waals surface area contributed by atoms with E-state index in [1.807, 2.05) is 0 Å². The molecule has 2 aromatic carbocycles. The Labute approximate surface area is 108 Å². The summed E-state index contributed by atoms with van der Waals surface area (Å²) in [5, 5.41) is 3.42. The van der Waals surface area contributed by atoms with Gasteiger partial charge < -0.3 is 5.32 Å². The van der Waals surface area contributed by atoms with Gasteiger partial charge in [-0.05, 0) is 41.7 Å². The van der Waals surface area contributed by atoms with Crippen LogP contribution in [0.3, 0.4) is 0 Å². The topological polar surface area (TPSA) is 12.0 Å². The first-order valence-electron chi connectivity index (χ1n) is 6.42. The third-order valence-electron chi connectivity index (χ3n) is 3.46. The van der Waals surface area contributed by atoms with Crippen LogP contribution < -0.4 is 5.32 Å². The summed E-state index contributed by atoms with van der Waals surface area (Å²) in [4.78, 5) is 0. The van der Waals surface area contributed by atoms with E-state index in [1.165, 1.54) is 28.0 Å². The Hall–Kier alpha value is -2.02. The summed E-state index contributed by atoms with van der Waals surface area (Å²) < 4.78 is 0. The lowest BCUT2D eigenvalue weighted by atomic mass is 9.94. The molecule has 0 aliphatic carbocycles. The van der Waals surface area contributed by atoms with Crippen LogP contribution in [0.1, 0.15) is 23.1 Å². The molecule has 1 N–H and O–H groups in total. The SMILES string of the molecule is C=C1CCNc2ccc(Cc3ccccc3)cc21. The van der Waals surface area contributed by atoms with Gasteiger partial charge in [0.1, 0.15) is 0 Å². The molecule has 0 aromatic heterocycles. The minimum atomic E-state index is 0.987. The third-order valence-corrected chi connectivity index (χ3v) is 3.46. The summed E-state index contributed by atoms with van der Waals surface area (Å²) in [5.74, 6) is 0. The molecule has 0 unspecified atom stereocenters. The van der Waals surface area contributed by atoms with E-state index in [2.05, 4.69) is 60.4 Å². The molecule has 0 spiro atoms. The van der Waals surface area contributed by atoms with Crippen molar-refractivity contribution < 1.29 is 0 Å². The number of hydrogen-bond acceptors (Lipinski definition) is 1. The quantitative estimate of drug-likeness (QED) is 0.826. The lowest BCUT2D eigenvalue weighted by Gasteiger charge is -2.21. The fraction of sp³-hybridized carbons (Fsp3) is 0.176. The van der Waals surface area contributed by atoms with Crippen molar-refractivity contribution in [2.45, 2.75) is 12.8 Å². The van der Waals surface area contributed by atoms with Crippen LogP contribution in [0.4, 0.5) is 5.69 Å². The Bertz CT molecular complexity index is 569. The van der Waals surface area contributed by atoms with Gasteiger partial charge in [-0.1, -0.05) is 43.0 Å². The van der Waals surface area contributed by atoms with E-state index in [-0.39, 0.29) is 0 Å². The lowest BCUT2D eigenvalue weighted by Crippen LogP contribution is -2.10. The molecule has 0 fully saturated rings. The van der Waals surface area contributed by atoms with E-state index < -0.39 is 0 Å². The number of nitrogens with one attached hydrogen (secondary N) is 1. The smallest absolute Gasteiger partial charge is 0.0416 e. The van der Waals surface area contributed by atoms with Crippen LogP contribution >= 0.6 is 0 Å². The van der Waals surface area contributed by atoms with Gasteiger partial charge in [-0.3, -0.25) is 0 Å². The van der Waals surface area contributed by atoms with Gasteiger partial charge in [-0.25, -0.2) is 0 Å². The molecule has 0 atom stereocenters. The van der Waals surface area contributed by atoms with Crippen LogP contribution in [-0.2, 0) is 6.42 Å². The summed E-state index contributed by atoms with van der Waals surface area (Å²) in [7, 11) is 0. The summed E-state index contributed by atoms with van der Waals surface area (Å²) in [5.41, 5.74) is 6.47. The Morgan fingerprint density at radius 2 is 1.83 bits per heavy atom. The zero-order valence-corrected chi connectivity index (χ0v) is 10.4. The predicted octanol–water partition coefficient (Wildman–Crippen LogP) is 4.11. The Kier molecular flexibility index (Phi) is 2.89. The number of rotatable bonds is 2. The highest BCUT2D eigenvalue weighted by molar-refractivity contribution is 5.78. The molecule has 1 heteroatoms. The first-order valence-corrected chi connectivity index (χ1v) is 6.42.